The van der Waals surface area contributed by atoms with Gasteiger partial charge in [0, 0.05) is 12.8 Å². The van der Waals surface area contributed by atoms with Crippen LogP contribution in [0.25, 0.3) is 0 Å². The number of likely N-dealkylation sites (N-methyl/N-ethyl adjacent to an activating group) is 1. The fraction of sp³-hybridized carbons (Fsp3) is 0.708. The highest BCUT2D eigenvalue weighted by atomic mass is 31.2. The maximum Gasteiger partial charge on any atom is 0.306 e. The SMILES string of the molecule is CC/C=C/C/C=C/C/C=C/C/C=C/C/C=C/CCCC(=O)OC[C@H](COP(=O)([O-])OCC[N+](C)(C)C)OC(=O)CCCCCCCCC/C=C/CCCCCCCC. The Kier molecular flexibility index (Phi) is 38.1. The largest absolute Gasteiger partial charge is 0.756 e. The number of hydrogen-bond donors (Lipinski definition) is 0. The summed E-state index contributed by atoms with van der Waals surface area (Å²) in [6.07, 6.45) is 49.3. The Morgan fingerprint density at radius 2 is 1.00 bits per heavy atom. The molecule has 2 atom stereocenters. The number of quaternary nitrogens is 1. The van der Waals surface area contributed by atoms with Crippen LogP contribution in [0.1, 0.15) is 168 Å². The third kappa shape index (κ3) is 43.0. The zero-order valence-electron chi connectivity index (χ0n) is 37.5. The van der Waals surface area contributed by atoms with Gasteiger partial charge in [-0.1, -0.05) is 151 Å². The number of hydrogen-bond acceptors (Lipinski definition) is 8. The molecule has 0 saturated heterocycles. The number of phosphoric acid groups is 1. The van der Waals surface area contributed by atoms with Crippen LogP contribution in [0, 0.1) is 0 Å². The number of esters is 2. The highest BCUT2D eigenvalue weighted by molar-refractivity contribution is 7.45. The van der Waals surface area contributed by atoms with Crippen molar-refractivity contribution in [1.82, 2.24) is 0 Å². The number of nitrogens with zero attached hydrogens (tertiary/aromatic N) is 1. The molecule has 0 spiro atoms. The summed E-state index contributed by atoms with van der Waals surface area (Å²) in [6, 6.07) is 0. The first-order chi connectivity index (χ1) is 28.0. The maximum absolute atomic E-state index is 12.7. The maximum atomic E-state index is 12.7. The fourth-order valence-electron chi connectivity index (χ4n) is 5.68. The summed E-state index contributed by atoms with van der Waals surface area (Å²) in [4.78, 5) is 37.5. The van der Waals surface area contributed by atoms with E-state index < -0.39 is 32.5 Å². The number of carbonyl (C=O) groups excluding carboxylic acids is 2. The van der Waals surface area contributed by atoms with E-state index in [1.54, 1.807) is 0 Å². The summed E-state index contributed by atoms with van der Waals surface area (Å²) in [5.74, 6) is -0.912. The molecule has 10 heteroatoms. The van der Waals surface area contributed by atoms with Crippen molar-refractivity contribution in [3.05, 3.63) is 72.9 Å². The first kappa shape index (κ1) is 55.5. The zero-order chi connectivity index (χ0) is 42.8. The van der Waals surface area contributed by atoms with E-state index in [0.29, 0.717) is 23.9 Å². The van der Waals surface area contributed by atoms with Gasteiger partial charge in [0.2, 0.25) is 0 Å². The number of ether oxygens (including phenoxy) is 2. The average Bonchev–Trinajstić information content (AvgIpc) is 3.17. The van der Waals surface area contributed by atoms with Gasteiger partial charge in [-0.3, -0.25) is 14.2 Å². The summed E-state index contributed by atoms with van der Waals surface area (Å²) >= 11 is 0. The molecule has 334 valence electrons. The summed E-state index contributed by atoms with van der Waals surface area (Å²) in [6.45, 7) is 4.03. The molecule has 0 heterocycles. The van der Waals surface area contributed by atoms with Crippen molar-refractivity contribution in [3.63, 3.8) is 0 Å². The molecule has 9 nitrogen and oxygen atoms in total. The molecule has 0 aliphatic heterocycles. The number of rotatable bonds is 40. The average molecular weight is 834 g/mol. The Balaban J connectivity index is 4.45. The topological polar surface area (TPSA) is 111 Å². The van der Waals surface area contributed by atoms with Gasteiger partial charge in [-0.25, -0.2) is 0 Å². The van der Waals surface area contributed by atoms with Crippen molar-refractivity contribution >= 4 is 19.8 Å². The van der Waals surface area contributed by atoms with Gasteiger partial charge in [0.15, 0.2) is 6.10 Å². The van der Waals surface area contributed by atoms with Crippen LogP contribution in [-0.2, 0) is 32.7 Å². The lowest BCUT2D eigenvalue weighted by Gasteiger charge is -2.28. The van der Waals surface area contributed by atoms with Crippen LogP contribution in [0.2, 0.25) is 0 Å². The molecule has 0 N–H and O–H groups in total. The highest BCUT2D eigenvalue weighted by Crippen LogP contribution is 2.38. The standard InChI is InChI=1S/C48H84NO8P/c1-6-8-10-12-14-16-18-20-22-24-26-28-30-32-34-36-38-40-47(50)54-44-46(45-56-58(52,53)55-43-42-49(3,4)5)57-48(51)41-39-37-35-33-31-29-27-25-23-21-19-17-15-13-11-9-7-2/h8,10,14,16,20-23,26,28,32,34,46H,6-7,9,11-13,15,17-19,24-25,27,29-31,33,35-45H2,1-5H3/b10-8+,16-14+,22-20+,23-21+,28-26+,34-32+/t46-/m1/s1. The number of phosphoric ester groups is 1. The molecule has 0 aliphatic carbocycles. The van der Waals surface area contributed by atoms with Crippen LogP contribution < -0.4 is 4.89 Å². The Morgan fingerprint density at radius 3 is 1.53 bits per heavy atom. The van der Waals surface area contributed by atoms with Gasteiger partial charge < -0.3 is 27.9 Å². The van der Waals surface area contributed by atoms with Crippen molar-refractivity contribution < 1.29 is 42.1 Å². The Bertz CT molecular complexity index is 1220. The summed E-state index contributed by atoms with van der Waals surface area (Å²) in [7, 11) is 1.12. The lowest BCUT2D eigenvalue weighted by atomic mass is 10.1. The van der Waals surface area contributed by atoms with Crippen LogP contribution >= 0.6 is 7.82 Å². The van der Waals surface area contributed by atoms with Crippen LogP contribution in [0.4, 0.5) is 0 Å². The van der Waals surface area contributed by atoms with Crippen LogP contribution in [0.15, 0.2) is 72.9 Å². The molecule has 0 aromatic rings. The number of carbonyl (C=O) groups is 2. The summed E-state index contributed by atoms with van der Waals surface area (Å²) in [5.41, 5.74) is 0. The summed E-state index contributed by atoms with van der Waals surface area (Å²) in [5, 5.41) is 0. The van der Waals surface area contributed by atoms with Gasteiger partial charge in [-0.2, -0.15) is 0 Å². The van der Waals surface area contributed by atoms with E-state index in [1.807, 2.05) is 27.2 Å². The van der Waals surface area contributed by atoms with Gasteiger partial charge in [0.25, 0.3) is 7.82 Å². The van der Waals surface area contributed by atoms with E-state index in [0.717, 1.165) is 64.2 Å². The minimum atomic E-state index is -4.64. The van der Waals surface area contributed by atoms with E-state index in [-0.39, 0.29) is 26.1 Å². The minimum Gasteiger partial charge on any atom is -0.756 e. The van der Waals surface area contributed by atoms with Crippen LogP contribution in [0.3, 0.4) is 0 Å². The third-order valence-corrected chi connectivity index (χ3v) is 10.2. The van der Waals surface area contributed by atoms with E-state index in [4.69, 9.17) is 18.5 Å². The van der Waals surface area contributed by atoms with Gasteiger partial charge in [-0.15, -0.1) is 0 Å². The molecule has 0 amide bonds. The quantitative estimate of drug-likeness (QED) is 0.0197. The predicted octanol–water partition coefficient (Wildman–Crippen LogP) is 12.4. The summed E-state index contributed by atoms with van der Waals surface area (Å²) < 4.78 is 33.9. The van der Waals surface area contributed by atoms with E-state index in [2.05, 4.69) is 80.7 Å². The molecule has 0 fully saturated rings. The fourth-order valence-corrected chi connectivity index (χ4v) is 6.41. The van der Waals surface area contributed by atoms with Crippen molar-refractivity contribution in [2.75, 3.05) is 47.5 Å². The second-order valence-electron chi connectivity index (χ2n) is 16.0. The zero-order valence-corrected chi connectivity index (χ0v) is 38.4. The first-order valence-corrected chi connectivity index (χ1v) is 24.1. The first-order valence-electron chi connectivity index (χ1n) is 22.6. The van der Waals surface area contributed by atoms with Gasteiger partial charge in [-0.05, 0) is 77.0 Å². The van der Waals surface area contributed by atoms with Gasteiger partial charge in [0.1, 0.15) is 19.8 Å². The molecule has 0 aromatic heterocycles. The van der Waals surface area contributed by atoms with E-state index >= 15 is 0 Å². The van der Waals surface area contributed by atoms with Crippen LogP contribution in [-0.4, -0.2) is 70.0 Å². The van der Waals surface area contributed by atoms with Crippen molar-refractivity contribution in [3.8, 4) is 0 Å². The molecule has 0 rings (SSSR count). The molecule has 58 heavy (non-hydrogen) atoms. The normalized spacial score (nSPS) is 14.2. The van der Waals surface area contributed by atoms with E-state index in [9.17, 15) is 19.0 Å². The Labute approximate surface area is 355 Å². The highest BCUT2D eigenvalue weighted by Gasteiger charge is 2.21. The molecule has 0 aromatic carbocycles. The van der Waals surface area contributed by atoms with Gasteiger partial charge >= 0.3 is 11.9 Å². The lowest BCUT2D eigenvalue weighted by Crippen LogP contribution is -2.37. The molecular weight excluding hydrogens is 750 g/mol. The van der Waals surface area contributed by atoms with Crippen molar-refractivity contribution in [2.24, 2.45) is 0 Å². The Morgan fingerprint density at radius 1 is 0.552 bits per heavy atom. The van der Waals surface area contributed by atoms with Gasteiger partial charge in [0.05, 0.1) is 27.7 Å². The second-order valence-corrected chi connectivity index (χ2v) is 17.4. The molecule has 0 aliphatic rings. The van der Waals surface area contributed by atoms with Crippen molar-refractivity contribution in [2.45, 2.75) is 174 Å². The number of allylic oxidation sites excluding steroid dienone is 12. The van der Waals surface area contributed by atoms with Crippen molar-refractivity contribution in [1.29, 1.82) is 0 Å². The third-order valence-electron chi connectivity index (χ3n) is 9.21. The predicted molar refractivity (Wildman–Crippen MR) is 240 cm³/mol. The molecule has 0 radical (unpaired) electrons. The molecule has 1 unspecified atom stereocenters. The van der Waals surface area contributed by atoms with E-state index in [1.165, 1.54) is 64.2 Å². The molecule has 0 saturated carbocycles. The molecule has 0 bridgehead atoms. The smallest absolute Gasteiger partial charge is 0.306 e. The Hall–Kier alpha value is -2.55. The second kappa shape index (κ2) is 39.9. The molecular formula is C48H84NO8P. The number of unbranched alkanes of at least 4 members (excludes halogenated alkanes) is 14. The minimum absolute atomic E-state index is 0.0437. The monoisotopic (exact) mass is 834 g/mol. The lowest BCUT2D eigenvalue weighted by molar-refractivity contribution is -0.870. The van der Waals surface area contributed by atoms with Crippen LogP contribution in [0.5, 0.6) is 0 Å².